The Morgan fingerprint density at radius 3 is 1.70 bits per heavy atom. The number of fused-ring (bicyclic) bond motifs is 8. The van der Waals surface area contributed by atoms with Gasteiger partial charge in [-0.15, -0.1) is 11.3 Å². The first-order valence-corrected chi connectivity index (χ1v) is 21.5. The van der Waals surface area contributed by atoms with E-state index < -0.39 is 0 Å². The van der Waals surface area contributed by atoms with Gasteiger partial charge in [0.05, 0.1) is 21.3 Å². The highest BCUT2D eigenvalue weighted by Crippen LogP contribution is 2.53. The first-order chi connectivity index (χ1) is 30.0. The van der Waals surface area contributed by atoms with Crippen LogP contribution in [-0.4, -0.2) is 24.5 Å². The summed E-state index contributed by atoms with van der Waals surface area (Å²) < 4.78 is 3.42. The quantitative estimate of drug-likeness (QED) is 0.168. The van der Waals surface area contributed by atoms with Crippen molar-refractivity contribution < 1.29 is 0 Å². The lowest BCUT2D eigenvalue weighted by atomic mass is 9.81. The van der Waals surface area contributed by atoms with Gasteiger partial charge in [-0.3, -0.25) is 4.57 Å². The maximum atomic E-state index is 5.23. The standard InChI is InChI=1S/C55H37N5S/c1-55(2)44-30-31-46-50(61-53(56-46)37-16-7-4-8-17-37)49(44)43-29-28-39(33-45(43)55)35-24-26-36(27-25-35)51-57-52(40-19-13-18-38(32-40)34-14-5-3-6-15-34)59-54(58-51)60-47-22-11-9-20-41(47)42-21-10-12-23-48(42)60/h3-33H,1-2H3. The van der Waals surface area contributed by atoms with Crippen LogP contribution in [0.2, 0.25) is 0 Å². The summed E-state index contributed by atoms with van der Waals surface area (Å²) in [6, 6.07) is 66.4. The van der Waals surface area contributed by atoms with Crippen LogP contribution in [0.5, 0.6) is 0 Å². The molecule has 0 aliphatic heterocycles. The average molecular weight is 800 g/mol. The highest BCUT2D eigenvalue weighted by Gasteiger charge is 2.37. The van der Waals surface area contributed by atoms with Gasteiger partial charge in [0, 0.05) is 38.4 Å². The Morgan fingerprint density at radius 2 is 0.984 bits per heavy atom. The van der Waals surface area contributed by atoms with E-state index in [-0.39, 0.29) is 5.41 Å². The summed E-state index contributed by atoms with van der Waals surface area (Å²) in [5, 5.41) is 3.37. The molecule has 6 heteroatoms. The van der Waals surface area contributed by atoms with Gasteiger partial charge in [0.15, 0.2) is 11.6 Å². The summed E-state index contributed by atoms with van der Waals surface area (Å²) >= 11 is 1.79. The van der Waals surface area contributed by atoms with Gasteiger partial charge in [0.2, 0.25) is 5.95 Å². The second kappa shape index (κ2) is 13.8. The summed E-state index contributed by atoms with van der Waals surface area (Å²) in [6.45, 7) is 4.69. The van der Waals surface area contributed by atoms with Crippen LogP contribution in [0, 0.1) is 0 Å². The van der Waals surface area contributed by atoms with E-state index >= 15 is 0 Å². The Bertz CT molecular complexity index is 3440. The van der Waals surface area contributed by atoms with Crippen LogP contribution in [0.1, 0.15) is 25.0 Å². The molecule has 0 amide bonds. The van der Waals surface area contributed by atoms with Gasteiger partial charge in [0.25, 0.3) is 0 Å². The molecule has 0 saturated heterocycles. The summed E-state index contributed by atoms with van der Waals surface area (Å²) in [5.41, 5.74) is 15.9. The van der Waals surface area contributed by atoms with Crippen molar-refractivity contribution in [2.75, 3.05) is 0 Å². The Hall–Kier alpha value is -7.54. The Kier molecular flexibility index (Phi) is 7.99. The molecule has 1 aliphatic rings. The number of hydrogen-bond donors (Lipinski definition) is 0. The molecule has 11 aromatic rings. The third kappa shape index (κ3) is 5.75. The number of thiazole rings is 1. The molecule has 3 aromatic heterocycles. The predicted molar refractivity (Wildman–Crippen MR) is 252 cm³/mol. The van der Waals surface area contributed by atoms with Crippen molar-refractivity contribution in [1.82, 2.24) is 24.5 Å². The van der Waals surface area contributed by atoms with Crippen LogP contribution in [0.15, 0.2) is 188 Å². The molecule has 61 heavy (non-hydrogen) atoms. The number of hydrogen-bond acceptors (Lipinski definition) is 5. The van der Waals surface area contributed by atoms with Crippen LogP contribution >= 0.6 is 11.3 Å². The second-order valence-corrected chi connectivity index (χ2v) is 17.3. The van der Waals surface area contributed by atoms with E-state index in [4.69, 9.17) is 19.9 Å². The van der Waals surface area contributed by atoms with Crippen molar-refractivity contribution in [3.05, 3.63) is 199 Å². The summed E-state index contributed by atoms with van der Waals surface area (Å²) in [4.78, 5) is 20.7. The molecule has 0 atom stereocenters. The molecular formula is C55H37N5S. The molecule has 0 unspecified atom stereocenters. The third-order valence-corrected chi connectivity index (χ3v) is 13.5. The molecule has 3 heterocycles. The topological polar surface area (TPSA) is 56.5 Å². The van der Waals surface area contributed by atoms with Crippen molar-refractivity contribution in [2.45, 2.75) is 19.3 Å². The van der Waals surface area contributed by atoms with E-state index in [1.54, 1.807) is 11.3 Å². The van der Waals surface area contributed by atoms with Crippen molar-refractivity contribution >= 4 is 43.4 Å². The summed E-state index contributed by atoms with van der Waals surface area (Å²) in [6.07, 6.45) is 0. The van der Waals surface area contributed by atoms with Gasteiger partial charge >= 0.3 is 0 Å². The van der Waals surface area contributed by atoms with Crippen molar-refractivity contribution in [3.8, 4) is 72.7 Å². The van der Waals surface area contributed by atoms with Gasteiger partial charge < -0.3 is 0 Å². The zero-order chi connectivity index (χ0) is 40.7. The smallest absolute Gasteiger partial charge is 0.238 e. The van der Waals surface area contributed by atoms with Crippen molar-refractivity contribution in [1.29, 1.82) is 0 Å². The molecule has 0 bridgehead atoms. The maximum absolute atomic E-state index is 5.23. The fourth-order valence-electron chi connectivity index (χ4n) is 9.23. The fourth-order valence-corrected chi connectivity index (χ4v) is 10.4. The average Bonchev–Trinajstić information content (AvgIpc) is 3.98. The van der Waals surface area contributed by atoms with Crippen molar-refractivity contribution in [3.63, 3.8) is 0 Å². The van der Waals surface area contributed by atoms with Crippen LogP contribution < -0.4 is 0 Å². The molecule has 0 N–H and O–H groups in total. The lowest BCUT2D eigenvalue weighted by Crippen LogP contribution is -2.14. The van der Waals surface area contributed by atoms with Gasteiger partial charge in [-0.05, 0) is 69.3 Å². The second-order valence-electron chi connectivity index (χ2n) is 16.3. The van der Waals surface area contributed by atoms with Gasteiger partial charge in [-0.1, -0.05) is 172 Å². The van der Waals surface area contributed by atoms with E-state index in [9.17, 15) is 0 Å². The SMILES string of the molecule is CC1(C)c2cc(-c3ccc(-c4nc(-c5cccc(-c6ccccc6)c5)nc(-n5c6ccccc6c6ccccc65)n4)cc3)ccc2-c2c1ccc1nc(-c3ccccc3)sc21. The van der Waals surface area contributed by atoms with Crippen LogP contribution in [0.4, 0.5) is 0 Å². The van der Waals surface area contributed by atoms with E-state index in [0.29, 0.717) is 17.6 Å². The first-order valence-electron chi connectivity index (χ1n) is 20.6. The normalized spacial score (nSPS) is 12.9. The first kappa shape index (κ1) is 35.4. The summed E-state index contributed by atoms with van der Waals surface area (Å²) in [7, 11) is 0. The lowest BCUT2D eigenvalue weighted by molar-refractivity contribution is 0.661. The number of para-hydroxylation sites is 2. The minimum absolute atomic E-state index is 0.159. The van der Waals surface area contributed by atoms with E-state index in [1.165, 1.54) is 32.5 Å². The van der Waals surface area contributed by atoms with E-state index in [2.05, 4.69) is 200 Å². The third-order valence-electron chi connectivity index (χ3n) is 12.3. The molecule has 8 aromatic carbocycles. The molecular weight excluding hydrogens is 763 g/mol. The van der Waals surface area contributed by atoms with Crippen LogP contribution in [0.3, 0.4) is 0 Å². The molecule has 0 radical (unpaired) electrons. The Morgan fingerprint density at radius 1 is 0.426 bits per heavy atom. The molecule has 5 nitrogen and oxygen atoms in total. The molecule has 12 rings (SSSR count). The van der Waals surface area contributed by atoms with Crippen molar-refractivity contribution in [2.24, 2.45) is 0 Å². The minimum atomic E-state index is -0.159. The lowest BCUT2D eigenvalue weighted by Gasteiger charge is -2.22. The molecule has 0 saturated carbocycles. The molecule has 0 spiro atoms. The molecule has 1 aliphatic carbocycles. The number of nitrogens with zero attached hydrogens (tertiary/aromatic N) is 5. The number of rotatable bonds is 6. The largest absolute Gasteiger partial charge is 0.278 e. The predicted octanol–water partition coefficient (Wildman–Crippen LogP) is 14.2. The zero-order valence-electron chi connectivity index (χ0n) is 33.5. The maximum Gasteiger partial charge on any atom is 0.238 e. The Labute approximate surface area is 357 Å². The van der Waals surface area contributed by atoms with Gasteiger partial charge in [-0.2, -0.15) is 9.97 Å². The highest BCUT2D eigenvalue weighted by atomic mass is 32.1. The number of benzene rings is 8. The Balaban J connectivity index is 0.958. The number of aromatic nitrogens is 5. The molecule has 0 fully saturated rings. The summed E-state index contributed by atoms with van der Waals surface area (Å²) in [5.74, 6) is 1.82. The monoisotopic (exact) mass is 799 g/mol. The van der Waals surface area contributed by atoms with Crippen LogP contribution in [0.25, 0.3) is 105 Å². The fraction of sp³-hybridized carbons (Fsp3) is 0.0545. The molecule has 288 valence electrons. The van der Waals surface area contributed by atoms with E-state index in [1.807, 2.05) is 6.07 Å². The van der Waals surface area contributed by atoms with Gasteiger partial charge in [-0.25, -0.2) is 9.97 Å². The van der Waals surface area contributed by atoms with Gasteiger partial charge in [0.1, 0.15) is 5.01 Å². The minimum Gasteiger partial charge on any atom is -0.278 e. The highest BCUT2D eigenvalue weighted by molar-refractivity contribution is 7.22. The zero-order valence-corrected chi connectivity index (χ0v) is 34.4. The van der Waals surface area contributed by atoms with E-state index in [0.717, 1.165) is 65.7 Å². The van der Waals surface area contributed by atoms with Crippen LogP contribution in [-0.2, 0) is 5.41 Å².